The van der Waals surface area contributed by atoms with Crippen LogP contribution in [-0.4, -0.2) is 63.3 Å². The van der Waals surface area contributed by atoms with Crippen LogP contribution >= 0.6 is 0 Å². The number of hydrogen-bond donors (Lipinski definition) is 0. The van der Waals surface area contributed by atoms with E-state index in [-0.39, 0.29) is 7.43 Å². The second-order valence-corrected chi connectivity index (χ2v) is 16.6. The van der Waals surface area contributed by atoms with Crippen LogP contribution in [0.3, 0.4) is 0 Å². The quantitative estimate of drug-likeness (QED) is 0.242. The van der Waals surface area contributed by atoms with Crippen molar-refractivity contribution in [2.24, 2.45) is 0 Å². The summed E-state index contributed by atoms with van der Waals surface area (Å²) in [6.07, 6.45) is 15.2. The molecule has 52 heavy (non-hydrogen) atoms. The molecule has 4 heterocycles. The first-order chi connectivity index (χ1) is 24.8. The van der Waals surface area contributed by atoms with Gasteiger partial charge in [0.05, 0.1) is 0 Å². The molecular weight excluding hydrogens is 633 g/mol. The molecule has 4 aliphatic heterocycles. The van der Waals surface area contributed by atoms with Crippen molar-refractivity contribution in [3.8, 4) is 0 Å². The second-order valence-electron chi connectivity index (χ2n) is 16.6. The molecule has 0 radical (unpaired) electrons. The fourth-order valence-corrected chi connectivity index (χ4v) is 8.29. The monoisotopic (exact) mass is 709 g/mol. The normalized spacial score (nSPS) is 18.8. The molecule has 0 unspecified atom stereocenters. The van der Waals surface area contributed by atoms with Gasteiger partial charge in [-0.25, -0.2) is 0 Å². The fourth-order valence-electron chi connectivity index (χ4n) is 8.29. The van der Waals surface area contributed by atoms with Gasteiger partial charge in [0, 0.05) is 62.4 Å². The van der Waals surface area contributed by atoms with Gasteiger partial charge in [0.25, 0.3) is 0 Å². The third-order valence-corrected chi connectivity index (χ3v) is 11.9. The van der Waals surface area contributed by atoms with Gasteiger partial charge in [-0.1, -0.05) is 91.8 Å². The molecule has 288 valence electrons. The Hall–Kier alpha value is -2.98. The summed E-state index contributed by atoms with van der Waals surface area (Å²) in [6.45, 7) is 23.6. The molecule has 0 N–H and O–H groups in total. The van der Waals surface area contributed by atoms with E-state index in [9.17, 15) is 0 Å². The standard InChI is InChI=1S/C19H30N2.2C14H21N.CH4/c1-16(2)17-6-8-18(9-7-17)21-14-10-19(11-15-21)20-12-4-3-5-13-20;2*1-12(2)13-6-8-14(9-7-13)15-10-4-3-5-11-15;/h6-9,16,19H,3-5,10-15H2,1-2H3;2*6-9,12H,3-5,10-11H2,1-2H3;1H4. The Balaban J connectivity index is 0.000000177. The number of hydrogen-bond acceptors (Lipinski definition) is 4. The predicted octanol–water partition coefficient (Wildman–Crippen LogP) is 12.5. The highest BCUT2D eigenvalue weighted by Crippen LogP contribution is 2.27. The largest absolute Gasteiger partial charge is 0.372 e. The number of benzene rings is 3. The van der Waals surface area contributed by atoms with E-state index in [0.29, 0.717) is 17.8 Å². The maximum atomic E-state index is 2.75. The highest BCUT2D eigenvalue weighted by Gasteiger charge is 2.25. The smallest absolute Gasteiger partial charge is 0.0366 e. The van der Waals surface area contributed by atoms with Crippen LogP contribution < -0.4 is 14.7 Å². The van der Waals surface area contributed by atoms with Crippen molar-refractivity contribution in [2.45, 2.75) is 143 Å². The van der Waals surface area contributed by atoms with Gasteiger partial charge < -0.3 is 19.6 Å². The molecule has 7 rings (SSSR count). The lowest BCUT2D eigenvalue weighted by Crippen LogP contribution is -2.46. The minimum Gasteiger partial charge on any atom is -0.372 e. The van der Waals surface area contributed by atoms with Crippen LogP contribution in [0, 0.1) is 0 Å². The number of rotatable bonds is 7. The molecule has 3 aromatic rings. The van der Waals surface area contributed by atoms with E-state index in [1.807, 2.05) is 0 Å². The molecule has 4 fully saturated rings. The number of nitrogens with zero attached hydrogens (tertiary/aromatic N) is 4. The predicted molar refractivity (Wildman–Crippen MR) is 231 cm³/mol. The van der Waals surface area contributed by atoms with E-state index >= 15 is 0 Å². The Kier molecular flexibility index (Phi) is 17.4. The Bertz CT molecular complexity index is 1290. The van der Waals surface area contributed by atoms with Crippen molar-refractivity contribution in [2.75, 3.05) is 67.1 Å². The van der Waals surface area contributed by atoms with Gasteiger partial charge >= 0.3 is 0 Å². The Labute approximate surface area is 321 Å². The molecule has 0 amide bonds. The molecule has 4 heteroatoms. The van der Waals surface area contributed by atoms with Crippen molar-refractivity contribution in [3.05, 3.63) is 89.5 Å². The van der Waals surface area contributed by atoms with Crippen LogP contribution in [0.25, 0.3) is 0 Å². The summed E-state index contributed by atoms with van der Waals surface area (Å²) in [6, 6.07) is 28.3. The third kappa shape index (κ3) is 12.6. The average Bonchev–Trinajstić information content (AvgIpc) is 3.19. The summed E-state index contributed by atoms with van der Waals surface area (Å²) >= 11 is 0. The summed E-state index contributed by atoms with van der Waals surface area (Å²) in [5.41, 5.74) is 8.54. The van der Waals surface area contributed by atoms with E-state index in [4.69, 9.17) is 0 Å². The Morgan fingerprint density at radius 2 is 0.635 bits per heavy atom. The van der Waals surface area contributed by atoms with E-state index in [0.717, 1.165) is 6.04 Å². The van der Waals surface area contributed by atoms with Crippen LogP contribution in [0.5, 0.6) is 0 Å². The number of anilines is 3. The van der Waals surface area contributed by atoms with Gasteiger partial charge in [-0.05, 0) is 148 Å². The maximum Gasteiger partial charge on any atom is 0.0366 e. The molecular formula is C48H76N4. The van der Waals surface area contributed by atoms with E-state index in [1.165, 1.54) is 157 Å². The summed E-state index contributed by atoms with van der Waals surface area (Å²) in [7, 11) is 0. The van der Waals surface area contributed by atoms with E-state index in [1.54, 1.807) is 0 Å². The van der Waals surface area contributed by atoms with Gasteiger partial charge in [0.2, 0.25) is 0 Å². The lowest BCUT2D eigenvalue weighted by Gasteiger charge is -2.41. The van der Waals surface area contributed by atoms with Crippen molar-refractivity contribution in [1.29, 1.82) is 0 Å². The molecule has 0 atom stereocenters. The van der Waals surface area contributed by atoms with Gasteiger partial charge in [-0.3, -0.25) is 0 Å². The zero-order valence-corrected chi connectivity index (χ0v) is 33.5. The van der Waals surface area contributed by atoms with Gasteiger partial charge in [0.1, 0.15) is 0 Å². The van der Waals surface area contributed by atoms with Crippen LogP contribution in [0.1, 0.15) is 154 Å². The van der Waals surface area contributed by atoms with E-state index in [2.05, 4.69) is 134 Å². The minimum absolute atomic E-state index is 0. The second kappa shape index (κ2) is 21.7. The maximum absolute atomic E-state index is 2.75. The zero-order chi connectivity index (χ0) is 36.0. The first-order valence-electron chi connectivity index (χ1n) is 21.1. The summed E-state index contributed by atoms with van der Waals surface area (Å²) < 4.78 is 0. The highest BCUT2D eigenvalue weighted by molar-refractivity contribution is 5.50. The van der Waals surface area contributed by atoms with Crippen molar-refractivity contribution >= 4 is 17.1 Å². The summed E-state index contributed by atoms with van der Waals surface area (Å²) in [5, 5.41) is 0. The summed E-state index contributed by atoms with van der Waals surface area (Å²) in [4.78, 5) is 10.3. The number of likely N-dealkylation sites (tertiary alicyclic amines) is 1. The van der Waals surface area contributed by atoms with Gasteiger partial charge in [-0.2, -0.15) is 0 Å². The molecule has 4 nitrogen and oxygen atoms in total. The van der Waals surface area contributed by atoms with Crippen molar-refractivity contribution < 1.29 is 0 Å². The first kappa shape index (κ1) is 41.8. The third-order valence-electron chi connectivity index (χ3n) is 11.9. The molecule has 0 saturated carbocycles. The molecule has 4 saturated heterocycles. The first-order valence-corrected chi connectivity index (χ1v) is 21.1. The lowest BCUT2D eigenvalue weighted by molar-refractivity contribution is 0.141. The minimum atomic E-state index is 0. The number of piperidine rings is 4. The fraction of sp³-hybridized carbons (Fsp3) is 0.625. The Morgan fingerprint density at radius 3 is 0.923 bits per heavy atom. The topological polar surface area (TPSA) is 13.0 Å². The summed E-state index contributed by atoms with van der Waals surface area (Å²) in [5.74, 6) is 1.91. The van der Waals surface area contributed by atoms with E-state index < -0.39 is 0 Å². The zero-order valence-electron chi connectivity index (χ0n) is 33.5. The van der Waals surface area contributed by atoms with Crippen LogP contribution in [0.15, 0.2) is 72.8 Å². The molecule has 0 aliphatic carbocycles. The average molecular weight is 709 g/mol. The van der Waals surface area contributed by atoms with Crippen molar-refractivity contribution in [3.63, 3.8) is 0 Å². The lowest BCUT2D eigenvalue weighted by atomic mass is 9.98. The van der Waals surface area contributed by atoms with Crippen LogP contribution in [-0.2, 0) is 0 Å². The molecule has 0 spiro atoms. The van der Waals surface area contributed by atoms with Gasteiger partial charge in [0.15, 0.2) is 0 Å². The van der Waals surface area contributed by atoms with Crippen LogP contribution in [0.2, 0.25) is 0 Å². The van der Waals surface area contributed by atoms with Gasteiger partial charge in [-0.15, -0.1) is 0 Å². The molecule has 4 aliphatic rings. The van der Waals surface area contributed by atoms with Crippen molar-refractivity contribution in [1.82, 2.24) is 4.90 Å². The molecule has 0 bridgehead atoms. The SMILES string of the molecule is C.CC(C)c1ccc(N2CCC(N3CCCCC3)CC2)cc1.CC(C)c1ccc(N2CCCCC2)cc1.CC(C)c1ccc(N2CCCCC2)cc1. The Morgan fingerprint density at radius 1 is 0.365 bits per heavy atom. The van der Waals surface area contributed by atoms with Crippen LogP contribution in [0.4, 0.5) is 17.1 Å². The molecule has 3 aromatic carbocycles. The molecule has 0 aromatic heterocycles. The highest BCUT2D eigenvalue weighted by atomic mass is 15.2.